The average Bonchev–Trinajstić information content (AvgIpc) is 2.18. The summed E-state index contributed by atoms with van der Waals surface area (Å²) in [5, 5.41) is 8.67. The van der Waals surface area contributed by atoms with Crippen LogP contribution in [0.1, 0.15) is 19.8 Å². The summed E-state index contributed by atoms with van der Waals surface area (Å²) in [7, 11) is 0. The highest BCUT2D eigenvalue weighted by molar-refractivity contribution is 5.87. The van der Waals surface area contributed by atoms with Crippen LogP contribution in [0.5, 0.6) is 0 Å². The Kier molecular flexibility index (Phi) is 8.17. The number of carbonyl (C=O) groups excluding carboxylic acids is 1. The van der Waals surface area contributed by atoms with Gasteiger partial charge in [-0.05, 0) is 32.4 Å². The van der Waals surface area contributed by atoms with E-state index >= 15 is 0 Å². The van der Waals surface area contributed by atoms with E-state index in [0.717, 1.165) is 6.42 Å². The number of aliphatic hydroxyl groups is 1. The molecule has 0 saturated carbocycles. The topological polar surface area (TPSA) is 66.6 Å². The highest BCUT2D eigenvalue weighted by Gasteiger charge is 2.08. The highest BCUT2D eigenvalue weighted by Crippen LogP contribution is 1.96. The van der Waals surface area contributed by atoms with Crippen LogP contribution in [0.4, 0.5) is 0 Å². The zero-order chi connectivity index (χ0) is 10.8. The summed E-state index contributed by atoms with van der Waals surface area (Å²) in [6, 6.07) is 0. The number of hydrogen-bond donors (Lipinski definition) is 2. The van der Waals surface area contributed by atoms with Crippen molar-refractivity contribution in [3.05, 3.63) is 12.2 Å². The zero-order valence-electron chi connectivity index (χ0n) is 8.78. The highest BCUT2D eigenvalue weighted by atomic mass is 16.3. The van der Waals surface area contributed by atoms with Crippen molar-refractivity contribution in [3.63, 3.8) is 0 Å². The Morgan fingerprint density at radius 2 is 2.07 bits per heavy atom. The predicted molar refractivity (Wildman–Crippen MR) is 56.8 cm³/mol. The lowest BCUT2D eigenvalue weighted by Gasteiger charge is -2.20. The van der Waals surface area contributed by atoms with Crippen LogP contribution in [0.3, 0.4) is 0 Å². The fraction of sp³-hybridized carbons (Fsp3) is 0.700. The Hall–Kier alpha value is -0.870. The van der Waals surface area contributed by atoms with E-state index in [1.54, 1.807) is 11.0 Å². The molecule has 0 aliphatic heterocycles. The third kappa shape index (κ3) is 5.72. The number of hydrogen-bond acceptors (Lipinski definition) is 3. The van der Waals surface area contributed by atoms with Crippen LogP contribution in [0, 0.1) is 0 Å². The van der Waals surface area contributed by atoms with Gasteiger partial charge in [0.15, 0.2) is 0 Å². The van der Waals surface area contributed by atoms with Gasteiger partial charge in [-0.3, -0.25) is 4.79 Å². The molecule has 0 aliphatic carbocycles. The number of amides is 1. The van der Waals surface area contributed by atoms with E-state index in [2.05, 4.69) is 0 Å². The van der Waals surface area contributed by atoms with Gasteiger partial charge in [-0.1, -0.05) is 6.08 Å². The second kappa shape index (κ2) is 8.72. The van der Waals surface area contributed by atoms with Gasteiger partial charge in [-0.15, -0.1) is 0 Å². The van der Waals surface area contributed by atoms with E-state index in [1.165, 1.54) is 6.08 Å². The van der Waals surface area contributed by atoms with Crippen molar-refractivity contribution in [1.82, 2.24) is 4.90 Å². The Morgan fingerprint density at radius 1 is 1.43 bits per heavy atom. The van der Waals surface area contributed by atoms with Gasteiger partial charge in [0, 0.05) is 19.7 Å². The Bertz CT molecular complexity index is 173. The standard InChI is InChI=1S/C10H20N2O2/c1-2-5-10(14)12(7-3-6-11)8-4-9-13/h2,5,13H,3-4,6-9,11H2,1H3/b5-2+. The van der Waals surface area contributed by atoms with Crippen molar-refractivity contribution < 1.29 is 9.90 Å². The van der Waals surface area contributed by atoms with Crippen molar-refractivity contribution in [2.75, 3.05) is 26.2 Å². The van der Waals surface area contributed by atoms with Gasteiger partial charge in [-0.2, -0.15) is 0 Å². The molecule has 0 atom stereocenters. The number of aliphatic hydroxyl groups excluding tert-OH is 1. The SMILES string of the molecule is C/C=C/C(=O)N(CCCN)CCCO. The van der Waals surface area contributed by atoms with Gasteiger partial charge < -0.3 is 15.7 Å². The molecule has 14 heavy (non-hydrogen) atoms. The van der Waals surface area contributed by atoms with Gasteiger partial charge in [0.1, 0.15) is 0 Å². The maximum atomic E-state index is 11.5. The summed E-state index contributed by atoms with van der Waals surface area (Å²) in [6.45, 7) is 3.77. The molecule has 0 heterocycles. The first-order chi connectivity index (χ1) is 6.76. The van der Waals surface area contributed by atoms with Crippen molar-refractivity contribution in [3.8, 4) is 0 Å². The van der Waals surface area contributed by atoms with Gasteiger partial charge >= 0.3 is 0 Å². The maximum Gasteiger partial charge on any atom is 0.246 e. The number of allylic oxidation sites excluding steroid dienone is 1. The van der Waals surface area contributed by atoms with Crippen molar-refractivity contribution in [2.45, 2.75) is 19.8 Å². The molecule has 4 heteroatoms. The molecule has 0 aromatic rings. The molecule has 0 saturated heterocycles. The van der Waals surface area contributed by atoms with Crippen LogP contribution in [-0.4, -0.2) is 42.2 Å². The van der Waals surface area contributed by atoms with Crippen molar-refractivity contribution in [1.29, 1.82) is 0 Å². The summed E-state index contributed by atoms with van der Waals surface area (Å²) in [6.07, 6.45) is 4.67. The molecule has 0 aliphatic rings. The molecule has 0 aromatic heterocycles. The Labute approximate surface area is 85.4 Å². The molecule has 0 radical (unpaired) electrons. The minimum Gasteiger partial charge on any atom is -0.396 e. The van der Waals surface area contributed by atoms with Crippen molar-refractivity contribution >= 4 is 5.91 Å². The van der Waals surface area contributed by atoms with Gasteiger partial charge in [-0.25, -0.2) is 0 Å². The number of rotatable bonds is 7. The lowest BCUT2D eigenvalue weighted by atomic mass is 10.3. The van der Waals surface area contributed by atoms with E-state index in [1.807, 2.05) is 6.92 Å². The van der Waals surface area contributed by atoms with Crippen LogP contribution in [0.25, 0.3) is 0 Å². The largest absolute Gasteiger partial charge is 0.396 e. The Balaban J connectivity index is 4.01. The molecule has 3 N–H and O–H groups in total. The van der Waals surface area contributed by atoms with E-state index in [0.29, 0.717) is 26.1 Å². The molecule has 4 nitrogen and oxygen atoms in total. The molecule has 0 unspecified atom stereocenters. The monoisotopic (exact) mass is 200 g/mol. The quantitative estimate of drug-likeness (QED) is 0.574. The molecule has 1 amide bonds. The molecule has 0 fully saturated rings. The number of carbonyl (C=O) groups is 1. The molecular formula is C10H20N2O2. The fourth-order valence-corrected chi connectivity index (χ4v) is 1.12. The van der Waals surface area contributed by atoms with Gasteiger partial charge in [0.25, 0.3) is 0 Å². The molecule has 0 bridgehead atoms. The molecule has 82 valence electrons. The van der Waals surface area contributed by atoms with Gasteiger partial charge in [0.05, 0.1) is 0 Å². The number of nitrogens with two attached hydrogens (primary N) is 1. The normalized spacial score (nSPS) is 10.8. The summed E-state index contributed by atoms with van der Waals surface area (Å²) in [5.41, 5.74) is 5.37. The van der Waals surface area contributed by atoms with Crippen LogP contribution in [0.15, 0.2) is 12.2 Å². The molecule has 0 rings (SSSR count). The minimum absolute atomic E-state index is 0.00519. The predicted octanol–water partition coefficient (Wildman–Crippen LogP) is 0.122. The maximum absolute atomic E-state index is 11.5. The first kappa shape index (κ1) is 13.1. The Morgan fingerprint density at radius 3 is 2.57 bits per heavy atom. The first-order valence-corrected chi connectivity index (χ1v) is 4.98. The van der Waals surface area contributed by atoms with Crippen LogP contribution in [-0.2, 0) is 4.79 Å². The number of nitrogens with zero attached hydrogens (tertiary/aromatic N) is 1. The summed E-state index contributed by atoms with van der Waals surface area (Å²) >= 11 is 0. The molecule has 0 aromatic carbocycles. The summed E-state index contributed by atoms with van der Waals surface area (Å²) < 4.78 is 0. The third-order valence-electron chi connectivity index (χ3n) is 1.84. The van der Waals surface area contributed by atoms with Crippen molar-refractivity contribution in [2.24, 2.45) is 5.73 Å². The lowest BCUT2D eigenvalue weighted by molar-refractivity contribution is -0.126. The minimum atomic E-state index is -0.00519. The van der Waals surface area contributed by atoms with Crippen LogP contribution in [0.2, 0.25) is 0 Å². The summed E-state index contributed by atoms with van der Waals surface area (Å²) in [4.78, 5) is 13.2. The van der Waals surface area contributed by atoms with Crippen LogP contribution >= 0.6 is 0 Å². The fourth-order valence-electron chi connectivity index (χ4n) is 1.12. The zero-order valence-corrected chi connectivity index (χ0v) is 8.78. The smallest absolute Gasteiger partial charge is 0.246 e. The second-order valence-corrected chi connectivity index (χ2v) is 3.04. The first-order valence-electron chi connectivity index (χ1n) is 4.98. The van der Waals surface area contributed by atoms with E-state index < -0.39 is 0 Å². The summed E-state index contributed by atoms with van der Waals surface area (Å²) in [5.74, 6) is -0.00519. The average molecular weight is 200 g/mol. The van der Waals surface area contributed by atoms with Crippen LogP contribution < -0.4 is 5.73 Å². The molecular weight excluding hydrogens is 180 g/mol. The molecule has 0 spiro atoms. The van der Waals surface area contributed by atoms with E-state index in [9.17, 15) is 4.79 Å². The van der Waals surface area contributed by atoms with Gasteiger partial charge in [0.2, 0.25) is 5.91 Å². The van der Waals surface area contributed by atoms with E-state index in [4.69, 9.17) is 10.8 Å². The lowest BCUT2D eigenvalue weighted by Crippen LogP contribution is -2.32. The second-order valence-electron chi connectivity index (χ2n) is 3.04. The van der Waals surface area contributed by atoms with E-state index in [-0.39, 0.29) is 12.5 Å². The third-order valence-corrected chi connectivity index (χ3v) is 1.84.